The van der Waals surface area contributed by atoms with Crippen LogP contribution in [0.3, 0.4) is 0 Å². The molecule has 0 aliphatic carbocycles. The summed E-state index contributed by atoms with van der Waals surface area (Å²) in [4.78, 5) is 16.9. The molecule has 0 bridgehead atoms. The van der Waals surface area contributed by atoms with E-state index in [0.29, 0.717) is 0 Å². The molecule has 39 heavy (non-hydrogen) atoms. The predicted octanol–water partition coefficient (Wildman–Crippen LogP) is 4.05. The number of nitrogens with one attached hydrogen (secondary N) is 1. The number of carbonyl (C=O) groups excluding carboxylic acids is 1. The van der Waals surface area contributed by atoms with E-state index in [9.17, 15) is 35.2 Å². The molecule has 1 aliphatic heterocycles. The Morgan fingerprint density at radius 3 is 2.46 bits per heavy atom. The maximum atomic E-state index is 14.5. The number of rotatable bonds is 7. The third-order valence-electron chi connectivity index (χ3n) is 6.64. The molecule has 2 aromatic heterocycles. The van der Waals surface area contributed by atoms with Crippen LogP contribution >= 0.6 is 0 Å². The van der Waals surface area contributed by atoms with Crippen molar-refractivity contribution in [2.45, 2.75) is 43.0 Å². The Balaban J connectivity index is 1.58. The van der Waals surface area contributed by atoms with Gasteiger partial charge in [0.25, 0.3) is 0 Å². The van der Waals surface area contributed by atoms with Gasteiger partial charge in [-0.2, -0.15) is 22.6 Å². The minimum atomic E-state index is -4.69. The first-order valence-corrected chi connectivity index (χ1v) is 13.1. The van der Waals surface area contributed by atoms with E-state index in [1.807, 2.05) is 0 Å². The Morgan fingerprint density at radius 2 is 1.87 bits per heavy atom. The van der Waals surface area contributed by atoms with Gasteiger partial charge in [-0.15, -0.1) is 6.58 Å². The number of aromatic nitrogens is 3. The molecule has 208 valence electrons. The van der Waals surface area contributed by atoms with E-state index in [4.69, 9.17) is 0 Å². The van der Waals surface area contributed by atoms with Crippen molar-refractivity contribution in [2.24, 2.45) is 13.0 Å². The molecular formula is C25H24F5N5O3S. The van der Waals surface area contributed by atoms with Crippen LogP contribution < -0.4 is 5.32 Å². The van der Waals surface area contributed by atoms with E-state index in [-0.39, 0.29) is 34.2 Å². The summed E-state index contributed by atoms with van der Waals surface area (Å²) in [6, 6.07) is 4.34. The summed E-state index contributed by atoms with van der Waals surface area (Å²) in [6.07, 6.45) is -2.22. The van der Waals surface area contributed by atoms with Crippen LogP contribution in [0.4, 0.5) is 22.0 Å². The van der Waals surface area contributed by atoms with Crippen molar-refractivity contribution in [3.05, 3.63) is 78.1 Å². The maximum Gasteiger partial charge on any atom is 0.435 e. The first-order valence-electron chi connectivity index (χ1n) is 11.7. The molecule has 4 rings (SSSR count). The molecule has 1 saturated heterocycles. The molecule has 3 aromatic rings. The van der Waals surface area contributed by atoms with Gasteiger partial charge in [-0.1, -0.05) is 6.08 Å². The molecule has 0 unspecified atom stereocenters. The van der Waals surface area contributed by atoms with Crippen LogP contribution in [-0.2, 0) is 34.6 Å². The first-order chi connectivity index (χ1) is 18.2. The monoisotopic (exact) mass is 569 g/mol. The van der Waals surface area contributed by atoms with Crippen LogP contribution in [0.5, 0.6) is 0 Å². The van der Waals surface area contributed by atoms with Crippen LogP contribution in [0.2, 0.25) is 0 Å². The Bertz CT molecular complexity index is 1510. The zero-order valence-electron chi connectivity index (χ0n) is 20.8. The highest BCUT2D eigenvalue weighted by molar-refractivity contribution is 7.89. The van der Waals surface area contributed by atoms with Crippen molar-refractivity contribution in [1.82, 2.24) is 24.4 Å². The quantitative estimate of drug-likeness (QED) is 0.342. The van der Waals surface area contributed by atoms with Gasteiger partial charge in [0.2, 0.25) is 15.9 Å². The number of nitrogens with zero attached hydrogens (tertiary/aromatic N) is 4. The number of carbonyl (C=O) groups is 1. The van der Waals surface area contributed by atoms with E-state index in [2.05, 4.69) is 22.0 Å². The lowest BCUT2D eigenvalue weighted by Crippen LogP contribution is -2.48. The van der Waals surface area contributed by atoms with Crippen molar-refractivity contribution < 1.29 is 35.2 Å². The van der Waals surface area contributed by atoms with Gasteiger partial charge in [-0.3, -0.25) is 14.5 Å². The number of benzene rings is 1. The van der Waals surface area contributed by atoms with Crippen molar-refractivity contribution in [3.63, 3.8) is 0 Å². The molecule has 1 N–H and O–H groups in total. The molecule has 1 amide bonds. The standard InChI is InChI=1S/C25H24F5N5O3S/c1-4-15-10-22(35(14(15)2)39(37,38)18-7-5-17(26)6-8-18)24(36)32-12-16-9-20(31-13-19(16)27)21-11-23(25(28,29)30)33-34(21)3/h4-9,11,13-15,22H,1,10,12H2,2-3H3,(H,32,36)/t14-,15+,22-/m0/s1. The number of sulfonamides is 1. The largest absolute Gasteiger partial charge is 0.435 e. The van der Waals surface area contributed by atoms with E-state index >= 15 is 0 Å². The fourth-order valence-electron chi connectivity index (χ4n) is 4.56. The van der Waals surface area contributed by atoms with Gasteiger partial charge in [-0.25, -0.2) is 17.2 Å². The summed E-state index contributed by atoms with van der Waals surface area (Å²) >= 11 is 0. The fourth-order valence-corrected chi connectivity index (χ4v) is 6.40. The van der Waals surface area contributed by atoms with E-state index in [1.54, 1.807) is 13.0 Å². The molecule has 3 atom stereocenters. The molecule has 8 nitrogen and oxygen atoms in total. The van der Waals surface area contributed by atoms with Gasteiger partial charge >= 0.3 is 6.18 Å². The van der Waals surface area contributed by atoms with Crippen LogP contribution in [-0.4, -0.2) is 45.5 Å². The number of aryl methyl sites for hydroxylation is 1. The van der Waals surface area contributed by atoms with Crippen molar-refractivity contribution in [2.75, 3.05) is 0 Å². The summed E-state index contributed by atoms with van der Waals surface area (Å²) in [5.41, 5.74) is -1.25. The third kappa shape index (κ3) is 5.57. The lowest BCUT2D eigenvalue weighted by Gasteiger charge is -2.27. The Kier molecular flexibility index (Phi) is 7.63. The minimum absolute atomic E-state index is 0.00660. The van der Waals surface area contributed by atoms with Crippen LogP contribution in [0.15, 0.2) is 60.1 Å². The summed E-state index contributed by atoms with van der Waals surface area (Å²) < 4.78 is 95.9. The average molecular weight is 570 g/mol. The second kappa shape index (κ2) is 10.5. The normalized spacial score (nSPS) is 20.2. The van der Waals surface area contributed by atoms with Crippen molar-refractivity contribution >= 4 is 15.9 Å². The van der Waals surface area contributed by atoms with Crippen LogP contribution in [0.1, 0.15) is 24.6 Å². The highest BCUT2D eigenvalue weighted by atomic mass is 32.2. The van der Waals surface area contributed by atoms with Crippen LogP contribution in [0.25, 0.3) is 11.4 Å². The number of alkyl halides is 3. The van der Waals surface area contributed by atoms with Crippen molar-refractivity contribution in [1.29, 1.82) is 0 Å². The summed E-state index contributed by atoms with van der Waals surface area (Å²) in [6.45, 7) is 4.95. The minimum Gasteiger partial charge on any atom is -0.351 e. The topological polar surface area (TPSA) is 97.2 Å². The highest BCUT2D eigenvalue weighted by Gasteiger charge is 2.47. The van der Waals surface area contributed by atoms with E-state index in [1.165, 1.54) is 13.1 Å². The number of amides is 1. The smallest absolute Gasteiger partial charge is 0.351 e. The number of halogens is 5. The molecule has 1 fully saturated rings. The molecule has 3 heterocycles. The van der Waals surface area contributed by atoms with Gasteiger partial charge in [0.15, 0.2) is 5.69 Å². The SMILES string of the molecule is C=C[C@@H]1C[C@@H](C(=O)NCc2cc(-c3cc(C(F)(F)F)nn3C)ncc2F)N(S(=O)(=O)c2ccc(F)cc2)[C@H]1C. The predicted molar refractivity (Wildman–Crippen MR) is 130 cm³/mol. The second-order valence-corrected chi connectivity index (χ2v) is 10.9. The first kappa shape index (κ1) is 28.4. The number of pyridine rings is 1. The number of hydrogen-bond donors (Lipinski definition) is 1. The summed E-state index contributed by atoms with van der Waals surface area (Å²) in [7, 11) is -2.94. The maximum absolute atomic E-state index is 14.5. The molecule has 1 aliphatic rings. The van der Waals surface area contributed by atoms with E-state index < -0.39 is 58.1 Å². The summed E-state index contributed by atoms with van der Waals surface area (Å²) in [5.74, 6) is -2.53. The van der Waals surface area contributed by atoms with Crippen LogP contribution in [0, 0.1) is 17.6 Å². The Labute approximate surface area is 221 Å². The van der Waals surface area contributed by atoms with Crippen molar-refractivity contribution in [3.8, 4) is 11.4 Å². The lowest BCUT2D eigenvalue weighted by molar-refractivity contribution is -0.141. The molecular weight excluding hydrogens is 545 g/mol. The average Bonchev–Trinajstić information content (AvgIpc) is 3.44. The molecule has 0 radical (unpaired) electrons. The molecule has 14 heteroatoms. The van der Waals surface area contributed by atoms with E-state index in [0.717, 1.165) is 45.5 Å². The molecule has 1 aromatic carbocycles. The second-order valence-electron chi connectivity index (χ2n) is 9.10. The fraction of sp³-hybridized carbons (Fsp3) is 0.320. The Morgan fingerprint density at radius 1 is 1.21 bits per heavy atom. The van der Waals surface area contributed by atoms with Gasteiger partial charge in [0, 0.05) is 25.2 Å². The summed E-state index contributed by atoms with van der Waals surface area (Å²) in [5, 5.41) is 5.94. The van der Waals surface area contributed by atoms with Gasteiger partial charge in [0.1, 0.15) is 17.7 Å². The molecule has 0 saturated carbocycles. The number of hydrogen-bond acceptors (Lipinski definition) is 5. The third-order valence-corrected chi connectivity index (χ3v) is 8.65. The zero-order valence-corrected chi connectivity index (χ0v) is 21.6. The molecule has 0 spiro atoms. The van der Waals surface area contributed by atoms with Gasteiger partial charge in [-0.05, 0) is 55.7 Å². The Hall–Kier alpha value is -3.65. The van der Waals surface area contributed by atoms with Gasteiger partial charge < -0.3 is 5.32 Å². The lowest BCUT2D eigenvalue weighted by atomic mass is 10.0. The zero-order chi connectivity index (χ0) is 28.7. The van der Waals surface area contributed by atoms with Gasteiger partial charge in [0.05, 0.1) is 22.5 Å². The highest BCUT2D eigenvalue weighted by Crippen LogP contribution is 2.36.